The van der Waals surface area contributed by atoms with Crippen molar-refractivity contribution in [1.82, 2.24) is 4.90 Å². The van der Waals surface area contributed by atoms with E-state index in [2.05, 4.69) is 0 Å². The Labute approximate surface area is 146 Å². The highest BCUT2D eigenvalue weighted by Gasteiger charge is 2.35. The Bertz CT molecular complexity index is 675. The minimum absolute atomic E-state index is 0.0349. The van der Waals surface area contributed by atoms with E-state index in [1.807, 2.05) is 0 Å². The second kappa shape index (κ2) is 8.34. The van der Waals surface area contributed by atoms with Crippen molar-refractivity contribution in [2.75, 3.05) is 34.5 Å². The summed E-state index contributed by atoms with van der Waals surface area (Å²) in [6.07, 6.45) is 3.23. The van der Waals surface area contributed by atoms with Gasteiger partial charge in [0.1, 0.15) is 5.75 Å². The zero-order chi connectivity index (χ0) is 18.4. The molecule has 25 heavy (non-hydrogen) atoms. The van der Waals surface area contributed by atoms with Gasteiger partial charge in [-0.25, -0.2) is 9.59 Å². The van der Waals surface area contributed by atoms with Gasteiger partial charge in [-0.15, -0.1) is 0 Å². The molecule has 1 aliphatic rings. The standard InChI is InChI=1S/C18H21NO6/c1-23-8-7-19-10-14(17(21)24-2)16(15(11-19)18(22)25-3)12-5-4-6-13(20)9-12/h4-6,9-11,16,20H,7-8H2,1-3H3. The van der Waals surface area contributed by atoms with Gasteiger partial charge in [0, 0.05) is 26.1 Å². The molecule has 1 heterocycles. The predicted octanol–water partition coefficient (Wildman–Crippen LogP) is 1.55. The third kappa shape index (κ3) is 4.19. The van der Waals surface area contributed by atoms with Crippen LogP contribution < -0.4 is 0 Å². The van der Waals surface area contributed by atoms with Crippen LogP contribution in [0.1, 0.15) is 11.5 Å². The molecule has 0 radical (unpaired) electrons. The van der Waals surface area contributed by atoms with Gasteiger partial charge in [-0.3, -0.25) is 0 Å². The van der Waals surface area contributed by atoms with Gasteiger partial charge in [0.15, 0.2) is 0 Å². The van der Waals surface area contributed by atoms with Crippen LogP contribution in [0.4, 0.5) is 0 Å². The predicted molar refractivity (Wildman–Crippen MR) is 89.6 cm³/mol. The molecule has 1 aromatic carbocycles. The molecule has 0 unspecified atom stereocenters. The number of hydrogen-bond donors (Lipinski definition) is 1. The minimum Gasteiger partial charge on any atom is -0.508 e. The zero-order valence-electron chi connectivity index (χ0n) is 14.4. The molecule has 0 aromatic heterocycles. The Morgan fingerprint density at radius 3 is 2.16 bits per heavy atom. The monoisotopic (exact) mass is 347 g/mol. The number of hydrogen-bond acceptors (Lipinski definition) is 7. The van der Waals surface area contributed by atoms with Crippen molar-refractivity contribution in [3.8, 4) is 5.75 Å². The molecular formula is C18H21NO6. The van der Waals surface area contributed by atoms with E-state index in [0.29, 0.717) is 18.7 Å². The Kier molecular flexibility index (Phi) is 6.19. The van der Waals surface area contributed by atoms with E-state index in [1.54, 1.807) is 36.5 Å². The van der Waals surface area contributed by atoms with Gasteiger partial charge in [0.2, 0.25) is 0 Å². The maximum Gasteiger partial charge on any atom is 0.336 e. The molecule has 0 spiro atoms. The van der Waals surface area contributed by atoms with E-state index in [9.17, 15) is 14.7 Å². The van der Waals surface area contributed by atoms with Gasteiger partial charge in [-0.05, 0) is 17.7 Å². The number of benzene rings is 1. The SMILES string of the molecule is COCCN1C=C(C(=O)OC)C(c2cccc(O)c2)C(C(=O)OC)=C1. The average Bonchev–Trinajstić information content (AvgIpc) is 2.64. The number of phenolic OH excluding ortho intramolecular Hbond substituents is 1. The van der Waals surface area contributed by atoms with E-state index >= 15 is 0 Å². The lowest BCUT2D eigenvalue weighted by molar-refractivity contribution is -0.137. The summed E-state index contributed by atoms with van der Waals surface area (Å²) in [7, 11) is 4.12. The first-order valence-electron chi connectivity index (χ1n) is 7.65. The molecule has 7 nitrogen and oxygen atoms in total. The number of nitrogens with zero attached hydrogens (tertiary/aromatic N) is 1. The number of carbonyl (C=O) groups excluding carboxylic acids is 2. The van der Waals surface area contributed by atoms with Gasteiger partial charge in [0.05, 0.1) is 37.9 Å². The molecule has 7 heteroatoms. The molecule has 0 bridgehead atoms. The fraction of sp³-hybridized carbons (Fsp3) is 0.333. The van der Waals surface area contributed by atoms with E-state index in [4.69, 9.17) is 14.2 Å². The molecule has 1 aromatic rings. The Morgan fingerprint density at radius 2 is 1.68 bits per heavy atom. The maximum absolute atomic E-state index is 12.3. The highest BCUT2D eigenvalue weighted by Crippen LogP contribution is 2.37. The Hall–Kier alpha value is -2.80. The topological polar surface area (TPSA) is 85.3 Å². The van der Waals surface area contributed by atoms with Crippen molar-refractivity contribution in [3.63, 3.8) is 0 Å². The van der Waals surface area contributed by atoms with Crippen LogP contribution in [0.2, 0.25) is 0 Å². The summed E-state index contributed by atoms with van der Waals surface area (Å²) in [4.78, 5) is 26.3. The number of phenols is 1. The van der Waals surface area contributed by atoms with Crippen molar-refractivity contribution < 1.29 is 28.9 Å². The largest absolute Gasteiger partial charge is 0.508 e. The molecule has 0 atom stereocenters. The molecule has 0 saturated carbocycles. The molecule has 2 rings (SSSR count). The first kappa shape index (κ1) is 18.5. The molecule has 0 amide bonds. The molecule has 134 valence electrons. The van der Waals surface area contributed by atoms with Crippen molar-refractivity contribution in [3.05, 3.63) is 53.4 Å². The van der Waals surface area contributed by atoms with Crippen molar-refractivity contribution in [1.29, 1.82) is 0 Å². The fourth-order valence-corrected chi connectivity index (χ4v) is 2.68. The normalized spacial score (nSPS) is 14.6. The van der Waals surface area contributed by atoms with Crippen LogP contribution in [-0.2, 0) is 23.8 Å². The van der Waals surface area contributed by atoms with Gasteiger partial charge in [-0.2, -0.15) is 0 Å². The third-order valence-corrected chi connectivity index (χ3v) is 3.83. The zero-order valence-corrected chi connectivity index (χ0v) is 14.4. The van der Waals surface area contributed by atoms with Crippen LogP contribution in [0.3, 0.4) is 0 Å². The fourth-order valence-electron chi connectivity index (χ4n) is 2.68. The van der Waals surface area contributed by atoms with Crippen LogP contribution in [0.15, 0.2) is 47.8 Å². The number of ether oxygens (including phenoxy) is 3. The average molecular weight is 347 g/mol. The van der Waals surface area contributed by atoms with E-state index in [1.165, 1.54) is 26.4 Å². The number of esters is 2. The molecular weight excluding hydrogens is 326 g/mol. The molecule has 0 saturated heterocycles. The molecule has 0 fully saturated rings. The Morgan fingerprint density at radius 1 is 1.08 bits per heavy atom. The van der Waals surface area contributed by atoms with Crippen LogP contribution >= 0.6 is 0 Å². The summed E-state index contributed by atoms with van der Waals surface area (Å²) in [6.45, 7) is 0.858. The lowest BCUT2D eigenvalue weighted by Crippen LogP contribution is -2.30. The summed E-state index contributed by atoms with van der Waals surface area (Å²) in [6, 6.07) is 6.39. The van der Waals surface area contributed by atoms with E-state index in [-0.39, 0.29) is 16.9 Å². The van der Waals surface area contributed by atoms with Gasteiger partial charge in [-0.1, -0.05) is 12.1 Å². The quantitative estimate of drug-likeness (QED) is 0.782. The van der Waals surface area contributed by atoms with Gasteiger partial charge >= 0.3 is 11.9 Å². The van der Waals surface area contributed by atoms with Crippen LogP contribution in [0.5, 0.6) is 5.75 Å². The van der Waals surface area contributed by atoms with E-state index in [0.717, 1.165) is 0 Å². The highest BCUT2D eigenvalue weighted by molar-refractivity contribution is 5.98. The maximum atomic E-state index is 12.3. The van der Waals surface area contributed by atoms with Crippen molar-refractivity contribution >= 4 is 11.9 Å². The molecule has 0 aliphatic carbocycles. The van der Waals surface area contributed by atoms with Gasteiger partial charge in [0.25, 0.3) is 0 Å². The van der Waals surface area contributed by atoms with Crippen LogP contribution in [0.25, 0.3) is 0 Å². The summed E-state index contributed by atoms with van der Waals surface area (Å²) in [5.74, 6) is -1.80. The van der Waals surface area contributed by atoms with Gasteiger partial charge < -0.3 is 24.2 Å². The van der Waals surface area contributed by atoms with Crippen molar-refractivity contribution in [2.24, 2.45) is 0 Å². The smallest absolute Gasteiger partial charge is 0.336 e. The van der Waals surface area contributed by atoms with Crippen molar-refractivity contribution in [2.45, 2.75) is 5.92 Å². The highest BCUT2D eigenvalue weighted by atomic mass is 16.5. The van der Waals surface area contributed by atoms with Crippen LogP contribution in [0, 0.1) is 0 Å². The number of methoxy groups -OCH3 is 3. The molecule has 1 N–H and O–H groups in total. The second-order valence-electron chi connectivity index (χ2n) is 5.41. The van der Waals surface area contributed by atoms with Crippen LogP contribution in [-0.4, -0.2) is 56.4 Å². The lowest BCUT2D eigenvalue weighted by atomic mass is 9.83. The first-order valence-corrected chi connectivity index (χ1v) is 7.65. The summed E-state index contributed by atoms with van der Waals surface area (Å²) >= 11 is 0. The van der Waals surface area contributed by atoms with E-state index < -0.39 is 17.9 Å². The summed E-state index contributed by atoms with van der Waals surface area (Å²) in [5, 5.41) is 9.78. The molecule has 1 aliphatic heterocycles. The third-order valence-electron chi connectivity index (χ3n) is 3.83. The number of aromatic hydroxyl groups is 1. The minimum atomic E-state index is -0.703. The number of rotatable bonds is 6. The summed E-state index contributed by atoms with van der Waals surface area (Å²) < 4.78 is 14.8. The lowest BCUT2D eigenvalue weighted by Gasteiger charge is -2.30. The second-order valence-corrected chi connectivity index (χ2v) is 5.41. The summed E-state index contributed by atoms with van der Waals surface area (Å²) in [5.41, 5.74) is 1.12. The number of carbonyl (C=O) groups is 2. The first-order chi connectivity index (χ1) is 12.0. The Balaban J connectivity index is 2.54.